The molecule has 2 aromatic carbocycles. The molecule has 0 atom stereocenters. The van der Waals surface area contributed by atoms with E-state index < -0.39 is 0 Å². The molecule has 1 fully saturated rings. The molecular formula is C25H28N6O3S. The minimum atomic E-state index is 0.393. The fraction of sp³-hybridized carbons (Fsp3) is 0.320. The first kappa shape index (κ1) is 23.0. The van der Waals surface area contributed by atoms with Gasteiger partial charge in [0.15, 0.2) is 16.6 Å². The third-order valence-corrected chi connectivity index (χ3v) is 6.15. The van der Waals surface area contributed by atoms with Crippen LogP contribution in [0.25, 0.3) is 0 Å². The van der Waals surface area contributed by atoms with Crippen molar-refractivity contribution in [3.8, 4) is 17.4 Å². The summed E-state index contributed by atoms with van der Waals surface area (Å²) >= 11 is 5.49. The van der Waals surface area contributed by atoms with Crippen molar-refractivity contribution in [1.82, 2.24) is 15.3 Å². The molecule has 1 saturated heterocycles. The standard InChI is InChI=1S/C25H28N6O3S/c1-32-23-16-22(31-11-9-30(10-12-31)19-5-3-2-4-6-19)27-24(28-23)29-25(35)26-17-18-7-8-20-21(15-18)34-14-13-33-20/h2-8,15-16H,9-14,17H2,1H3,(H2,26,27,28,29,35). The summed E-state index contributed by atoms with van der Waals surface area (Å²) in [5.74, 6) is 3.20. The van der Waals surface area contributed by atoms with E-state index in [0.29, 0.717) is 36.7 Å². The Hall–Kier alpha value is -3.79. The van der Waals surface area contributed by atoms with Crippen LogP contribution < -0.4 is 34.6 Å². The lowest BCUT2D eigenvalue weighted by Crippen LogP contribution is -2.46. The van der Waals surface area contributed by atoms with Crippen LogP contribution in [-0.4, -0.2) is 61.6 Å². The molecule has 0 amide bonds. The molecule has 35 heavy (non-hydrogen) atoms. The van der Waals surface area contributed by atoms with Crippen LogP contribution in [0.4, 0.5) is 17.5 Å². The quantitative estimate of drug-likeness (QED) is 0.501. The normalized spacial score (nSPS) is 14.9. The van der Waals surface area contributed by atoms with Gasteiger partial charge in [-0.2, -0.15) is 9.97 Å². The minimum absolute atomic E-state index is 0.393. The Labute approximate surface area is 210 Å². The van der Waals surface area contributed by atoms with E-state index in [1.54, 1.807) is 7.11 Å². The van der Waals surface area contributed by atoms with Crippen LogP contribution in [0, 0.1) is 0 Å². The predicted octanol–water partition coefficient (Wildman–Crippen LogP) is 3.07. The lowest BCUT2D eigenvalue weighted by molar-refractivity contribution is 0.171. The number of nitrogens with zero attached hydrogens (tertiary/aromatic N) is 4. The number of thiocarbonyl (C=S) groups is 1. The van der Waals surface area contributed by atoms with Crippen LogP contribution >= 0.6 is 12.2 Å². The van der Waals surface area contributed by atoms with E-state index in [2.05, 4.69) is 49.7 Å². The first-order chi connectivity index (χ1) is 17.2. The number of hydrogen-bond acceptors (Lipinski definition) is 8. The van der Waals surface area contributed by atoms with Gasteiger partial charge < -0.3 is 34.6 Å². The molecule has 0 saturated carbocycles. The van der Waals surface area contributed by atoms with Gasteiger partial charge in [0.25, 0.3) is 0 Å². The van der Waals surface area contributed by atoms with Crippen LogP contribution in [0.1, 0.15) is 5.56 Å². The van der Waals surface area contributed by atoms with E-state index in [1.165, 1.54) is 5.69 Å². The van der Waals surface area contributed by atoms with Crippen LogP contribution in [-0.2, 0) is 6.54 Å². The van der Waals surface area contributed by atoms with Gasteiger partial charge in [0.1, 0.15) is 19.0 Å². The highest BCUT2D eigenvalue weighted by molar-refractivity contribution is 7.80. The number of ether oxygens (including phenoxy) is 3. The number of piperazine rings is 1. The summed E-state index contributed by atoms with van der Waals surface area (Å²) in [7, 11) is 1.60. The average Bonchev–Trinajstić information content (AvgIpc) is 2.92. The Balaban J connectivity index is 1.20. The zero-order chi connectivity index (χ0) is 24.0. The maximum absolute atomic E-state index is 5.65. The maximum atomic E-state index is 5.65. The fourth-order valence-corrected chi connectivity index (χ4v) is 4.26. The van der Waals surface area contributed by atoms with Gasteiger partial charge in [-0.25, -0.2) is 0 Å². The molecule has 0 spiro atoms. The highest BCUT2D eigenvalue weighted by atomic mass is 32.1. The lowest BCUT2D eigenvalue weighted by Gasteiger charge is -2.36. The van der Waals surface area contributed by atoms with E-state index in [0.717, 1.165) is 49.1 Å². The van der Waals surface area contributed by atoms with Crippen molar-refractivity contribution in [3.63, 3.8) is 0 Å². The summed E-state index contributed by atoms with van der Waals surface area (Å²) in [4.78, 5) is 13.7. The van der Waals surface area contributed by atoms with Crippen molar-refractivity contribution in [2.24, 2.45) is 0 Å². The molecule has 0 radical (unpaired) electrons. The lowest BCUT2D eigenvalue weighted by atomic mass is 10.2. The topological polar surface area (TPSA) is 84.0 Å². The number of fused-ring (bicyclic) bond motifs is 1. The molecule has 0 aliphatic carbocycles. The summed E-state index contributed by atoms with van der Waals surface area (Å²) in [5.41, 5.74) is 2.27. The van der Waals surface area contributed by atoms with Gasteiger partial charge in [-0.15, -0.1) is 0 Å². The molecule has 2 aliphatic rings. The van der Waals surface area contributed by atoms with Crippen molar-refractivity contribution in [3.05, 3.63) is 60.2 Å². The number of methoxy groups -OCH3 is 1. The largest absolute Gasteiger partial charge is 0.486 e. The first-order valence-corrected chi connectivity index (χ1v) is 12.0. The second-order valence-electron chi connectivity index (χ2n) is 8.19. The molecule has 5 rings (SSSR count). The molecule has 2 N–H and O–H groups in total. The minimum Gasteiger partial charge on any atom is -0.486 e. The van der Waals surface area contributed by atoms with Crippen molar-refractivity contribution in [2.45, 2.75) is 6.54 Å². The van der Waals surface area contributed by atoms with Gasteiger partial charge in [0.2, 0.25) is 11.8 Å². The Bertz CT molecular complexity index is 1170. The van der Waals surface area contributed by atoms with E-state index in [9.17, 15) is 0 Å². The van der Waals surface area contributed by atoms with Crippen molar-refractivity contribution in [2.75, 3.05) is 61.6 Å². The number of anilines is 3. The molecule has 182 valence electrons. The summed E-state index contributed by atoms with van der Waals surface area (Å²) < 4.78 is 16.7. The number of benzene rings is 2. The van der Waals surface area contributed by atoms with Gasteiger partial charge in [-0.3, -0.25) is 0 Å². The van der Waals surface area contributed by atoms with E-state index in [4.69, 9.17) is 31.4 Å². The molecule has 0 unspecified atom stereocenters. The highest BCUT2D eigenvalue weighted by Crippen LogP contribution is 2.30. The van der Waals surface area contributed by atoms with E-state index >= 15 is 0 Å². The first-order valence-electron chi connectivity index (χ1n) is 11.6. The molecule has 0 bridgehead atoms. The molecule has 3 heterocycles. The monoisotopic (exact) mass is 492 g/mol. The second kappa shape index (κ2) is 10.6. The van der Waals surface area contributed by atoms with E-state index in [1.807, 2.05) is 30.3 Å². The van der Waals surface area contributed by atoms with E-state index in [-0.39, 0.29) is 0 Å². The molecule has 2 aliphatic heterocycles. The van der Waals surface area contributed by atoms with Gasteiger partial charge in [-0.05, 0) is 42.0 Å². The summed E-state index contributed by atoms with van der Waals surface area (Å²) in [5, 5.41) is 6.71. The number of hydrogen-bond donors (Lipinski definition) is 2. The zero-order valence-corrected chi connectivity index (χ0v) is 20.4. The smallest absolute Gasteiger partial charge is 0.234 e. The Morgan fingerprint density at radius 1 is 0.943 bits per heavy atom. The number of nitrogens with one attached hydrogen (secondary N) is 2. The van der Waals surface area contributed by atoms with Crippen molar-refractivity contribution >= 4 is 34.8 Å². The average molecular weight is 493 g/mol. The summed E-state index contributed by atoms with van der Waals surface area (Å²) in [6.45, 7) is 5.18. The predicted molar refractivity (Wildman–Crippen MR) is 140 cm³/mol. The van der Waals surface area contributed by atoms with Gasteiger partial charge in [0.05, 0.1) is 7.11 Å². The zero-order valence-electron chi connectivity index (χ0n) is 19.6. The van der Waals surface area contributed by atoms with Crippen molar-refractivity contribution in [1.29, 1.82) is 0 Å². The summed E-state index contributed by atoms with van der Waals surface area (Å²) in [6.07, 6.45) is 0. The summed E-state index contributed by atoms with van der Waals surface area (Å²) in [6, 6.07) is 18.2. The molecule has 3 aromatic rings. The van der Waals surface area contributed by atoms with Crippen LogP contribution in [0.5, 0.6) is 17.4 Å². The highest BCUT2D eigenvalue weighted by Gasteiger charge is 2.20. The van der Waals surface area contributed by atoms with Crippen LogP contribution in [0.3, 0.4) is 0 Å². The van der Waals surface area contributed by atoms with Crippen LogP contribution in [0.2, 0.25) is 0 Å². The third kappa shape index (κ3) is 5.65. The van der Waals surface area contributed by atoms with Crippen molar-refractivity contribution < 1.29 is 14.2 Å². The SMILES string of the molecule is COc1cc(N2CCN(c3ccccc3)CC2)nc(NC(=S)NCc2ccc3c(c2)OCCO3)n1. The molecule has 1 aromatic heterocycles. The number of rotatable bonds is 6. The second-order valence-corrected chi connectivity index (χ2v) is 8.60. The number of para-hydroxylation sites is 1. The Morgan fingerprint density at radius 3 is 2.46 bits per heavy atom. The van der Waals surface area contributed by atoms with Gasteiger partial charge >= 0.3 is 0 Å². The molecular weight excluding hydrogens is 464 g/mol. The van der Waals surface area contributed by atoms with Crippen LogP contribution in [0.15, 0.2) is 54.6 Å². The number of aromatic nitrogens is 2. The Kier molecular flexibility index (Phi) is 6.99. The fourth-order valence-electron chi connectivity index (χ4n) is 4.09. The maximum Gasteiger partial charge on any atom is 0.234 e. The van der Waals surface area contributed by atoms with Gasteiger partial charge in [0, 0.05) is 44.5 Å². The molecule has 10 heteroatoms. The molecule has 9 nitrogen and oxygen atoms in total. The Morgan fingerprint density at radius 2 is 1.69 bits per heavy atom. The third-order valence-electron chi connectivity index (χ3n) is 5.91. The van der Waals surface area contributed by atoms with Gasteiger partial charge in [-0.1, -0.05) is 24.3 Å².